The Morgan fingerprint density at radius 2 is 1.77 bits per heavy atom. The number of nitrogens with zero attached hydrogens (tertiary/aromatic N) is 3. The Bertz CT molecular complexity index is 1220. The van der Waals surface area contributed by atoms with Gasteiger partial charge < -0.3 is 9.84 Å². The van der Waals surface area contributed by atoms with E-state index in [4.69, 9.17) is 4.52 Å². The van der Waals surface area contributed by atoms with Crippen LogP contribution in [0.2, 0.25) is 0 Å². The molecule has 0 saturated heterocycles. The summed E-state index contributed by atoms with van der Waals surface area (Å²) in [5.74, 6) is 0.375. The Hall–Kier alpha value is -3.04. The van der Waals surface area contributed by atoms with E-state index in [1.807, 2.05) is 20.8 Å². The van der Waals surface area contributed by atoms with Gasteiger partial charge in [-0.25, -0.2) is 12.7 Å². The van der Waals surface area contributed by atoms with Crippen molar-refractivity contribution < 1.29 is 17.7 Å². The molecule has 0 bridgehead atoms. The lowest BCUT2D eigenvalue weighted by molar-refractivity contribution is 0.102. The normalized spacial score (nSPS) is 12.2. The first-order chi connectivity index (χ1) is 14.4. The zero-order valence-electron chi connectivity index (χ0n) is 18.4. The van der Waals surface area contributed by atoms with Crippen LogP contribution in [0.15, 0.2) is 51.9 Å². The molecule has 0 aliphatic carbocycles. The van der Waals surface area contributed by atoms with E-state index in [-0.39, 0.29) is 16.2 Å². The molecule has 3 rings (SSSR count). The number of hydrogen-bond donors (Lipinski definition) is 1. The molecule has 0 fully saturated rings. The van der Waals surface area contributed by atoms with Crippen LogP contribution in [0, 0.1) is 6.92 Å². The lowest BCUT2D eigenvalue weighted by atomic mass is 9.96. The maximum absolute atomic E-state index is 13.1. The molecule has 0 aliphatic heterocycles. The van der Waals surface area contributed by atoms with Gasteiger partial charge in [0.1, 0.15) is 0 Å². The Labute approximate surface area is 182 Å². The summed E-state index contributed by atoms with van der Waals surface area (Å²) in [4.78, 5) is 17.6. The first-order valence-electron chi connectivity index (χ1n) is 9.69. The third-order valence-electron chi connectivity index (χ3n) is 4.73. The summed E-state index contributed by atoms with van der Waals surface area (Å²) in [5, 5.41) is 6.84. The van der Waals surface area contributed by atoms with Crippen LogP contribution in [-0.4, -0.2) is 42.9 Å². The summed E-state index contributed by atoms with van der Waals surface area (Å²) in [6.07, 6.45) is 0. The number of aryl methyl sites for hydroxylation is 1. The van der Waals surface area contributed by atoms with Gasteiger partial charge in [-0.2, -0.15) is 4.98 Å². The minimum Gasteiger partial charge on any atom is -0.334 e. The first kappa shape index (κ1) is 22.6. The quantitative estimate of drug-likeness (QED) is 0.643. The summed E-state index contributed by atoms with van der Waals surface area (Å²) in [6, 6.07) is 11.5. The van der Waals surface area contributed by atoms with Gasteiger partial charge in [0.25, 0.3) is 11.8 Å². The predicted molar refractivity (Wildman–Crippen MR) is 118 cm³/mol. The van der Waals surface area contributed by atoms with E-state index in [1.54, 1.807) is 37.3 Å². The number of carbonyl (C=O) groups is 1. The van der Waals surface area contributed by atoms with Crippen molar-refractivity contribution in [1.82, 2.24) is 14.4 Å². The number of rotatable bonds is 5. The molecule has 0 unspecified atom stereocenters. The van der Waals surface area contributed by atoms with Gasteiger partial charge in [-0.05, 0) is 36.8 Å². The van der Waals surface area contributed by atoms with E-state index in [9.17, 15) is 13.2 Å². The smallest absolute Gasteiger partial charge is 0.258 e. The maximum Gasteiger partial charge on any atom is 0.258 e. The fourth-order valence-electron chi connectivity index (χ4n) is 2.80. The molecule has 1 aromatic heterocycles. The van der Waals surface area contributed by atoms with Crippen molar-refractivity contribution in [2.75, 3.05) is 19.4 Å². The summed E-state index contributed by atoms with van der Waals surface area (Å²) < 4.78 is 31.5. The van der Waals surface area contributed by atoms with E-state index >= 15 is 0 Å². The molecular formula is C22H26N4O4S. The summed E-state index contributed by atoms with van der Waals surface area (Å²) in [7, 11) is -0.714. The van der Waals surface area contributed by atoms with Crippen LogP contribution in [0.5, 0.6) is 0 Å². The molecule has 8 nitrogen and oxygen atoms in total. The molecule has 1 amide bonds. The highest BCUT2D eigenvalue weighted by Gasteiger charge is 2.24. The Balaban J connectivity index is 1.97. The molecular weight excluding hydrogens is 416 g/mol. The highest BCUT2D eigenvalue weighted by atomic mass is 32.2. The van der Waals surface area contributed by atoms with Gasteiger partial charge >= 0.3 is 0 Å². The van der Waals surface area contributed by atoms with Gasteiger partial charge in [0.2, 0.25) is 10.0 Å². The molecule has 3 aromatic rings. The minimum atomic E-state index is -3.63. The van der Waals surface area contributed by atoms with Crippen LogP contribution in [0.25, 0.3) is 11.5 Å². The van der Waals surface area contributed by atoms with E-state index in [0.717, 1.165) is 9.87 Å². The van der Waals surface area contributed by atoms with Crippen LogP contribution >= 0.6 is 0 Å². The number of anilines is 1. The molecule has 164 valence electrons. The minimum absolute atomic E-state index is 0.0957. The summed E-state index contributed by atoms with van der Waals surface area (Å²) >= 11 is 0. The van der Waals surface area contributed by atoms with E-state index in [1.165, 1.54) is 26.2 Å². The largest absolute Gasteiger partial charge is 0.334 e. The van der Waals surface area contributed by atoms with Gasteiger partial charge in [0, 0.05) is 25.2 Å². The number of carbonyl (C=O) groups excluding carboxylic acids is 1. The third-order valence-corrected chi connectivity index (χ3v) is 6.55. The van der Waals surface area contributed by atoms with Crippen molar-refractivity contribution in [3.63, 3.8) is 0 Å². The summed E-state index contributed by atoms with van der Waals surface area (Å²) in [6.45, 7) is 7.70. The van der Waals surface area contributed by atoms with E-state index < -0.39 is 15.9 Å². The van der Waals surface area contributed by atoms with Gasteiger partial charge in [-0.1, -0.05) is 44.1 Å². The molecule has 0 atom stereocenters. The van der Waals surface area contributed by atoms with Crippen LogP contribution in [0.4, 0.5) is 5.69 Å². The van der Waals surface area contributed by atoms with Crippen LogP contribution < -0.4 is 5.32 Å². The molecule has 0 aliphatic rings. The second-order valence-electron chi connectivity index (χ2n) is 8.44. The van der Waals surface area contributed by atoms with Crippen molar-refractivity contribution in [3.8, 4) is 11.5 Å². The molecule has 2 aromatic carbocycles. The number of nitrogens with one attached hydrogen (secondary N) is 1. The van der Waals surface area contributed by atoms with Gasteiger partial charge in [-0.15, -0.1) is 0 Å². The van der Waals surface area contributed by atoms with Crippen LogP contribution in [0.3, 0.4) is 0 Å². The topological polar surface area (TPSA) is 105 Å². The average molecular weight is 443 g/mol. The second kappa shape index (κ2) is 8.24. The van der Waals surface area contributed by atoms with Gasteiger partial charge in [0.05, 0.1) is 16.0 Å². The van der Waals surface area contributed by atoms with Gasteiger partial charge in [0.15, 0.2) is 5.82 Å². The lowest BCUT2D eigenvalue weighted by Crippen LogP contribution is -2.22. The molecule has 0 radical (unpaired) electrons. The molecule has 0 saturated carbocycles. The first-order valence-corrected chi connectivity index (χ1v) is 11.1. The van der Waals surface area contributed by atoms with Crippen LogP contribution in [0.1, 0.15) is 42.5 Å². The van der Waals surface area contributed by atoms with Gasteiger partial charge in [-0.3, -0.25) is 4.79 Å². The fourth-order valence-corrected chi connectivity index (χ4v) is 3.73. The lowest BCUT2D eigenvalue weighted by Gasteiger charge is -2.15. The van der Waals surface area contributed by atoms with E-state index in [0.29, 0.717) is 22.6 Å². The zero-order valence-corrected chi connectivity index (χ0v) is 19.2. The average Bonchev–Trinajstić information content (AvgIpc) is 3.20. The summed E-state index contributed by atoms with van der Waals surface area (Å²) in [5.41, 5.74) is 1.68. The third kappa shape index (κ3) is 4.67. The number of aromatic nitrogens is 2. The highest BCUT2D eigenvalue weighted by Crippen LogP contribution is 2.28. The Morgan fingerprint density at radius 3 is 2.39 bits per heavy atom. The SMILES string of the molecule is Cc1ccc(S(=O)(=O)N(C)C)cc1NC(=O)c1ccccc1-c1nc(C(C)(C)C)no1. The Kier molecular flexibility index (Phi) is 6.02. The highest BCUT2D eigenvalue weighted by molar-refractivity contribution is 7.89. The zero-order chi connectivity index (χ0) is 23.0. The standard InChI is InChI=1S/C22H26N4O4S/c1-14-11-12-15(31(28,29)26(5)6)13-18(14)23-19(27)16-9-7-8-10-17(16)20-24-21(25-30-20)22(2,3)4/h7-13H,1-6H3,(H,23,27). The van der Waals surface area contributed by atoms with Crippen molar-refractivity contribution in [1.29, 1.82) is 0 Å². The van der Waals surface area contributed by atoms with Crippen molar-refractivity contribution in [3.05, 3.63) is 59.4 Å². The van der Waals surface area contributed by atoms with Crippen molar-refractivity contribution >= 4 is 21.6 Å². The number of amides is 1. The maximum atomic E-state index is 13.1. The Morgan fingerprint density at radius 1 is 1.10 bits per heavy atom. The van der Waals surface area contributed by atoms with Crippen molar-refractivity contribution in [2.45, 2.75) is 38.0 Å². The van der Waals surface area contributed by atoms with Crippen molar-refractivity contribution in [2.24, 2.45) is 0 Å². The van der Waals surface area contributed by atoms with Crippen LogP contribution in [-0.2, 0) is 15.4 Å². The number of sulfonamides is 1. The van der Waals surface area contributed by atoms with E-state index in [2.05, 4.69) is 15.5 Å². The molecule has 9 heteroatoms. The predicted octanol–water partition coefficient (Wildman–Crippen LogP) is 3.85. The molecule has 1 N–H and O–H groups in total. The second-order valence-corrected chi connectivity index (χ2v) is 10.6. The monoisotopic (exact) mass is 442 g/mol. The molecule has 1 heterocycles. The number of hydrogen-bond acceptors (Lipinski definition) is 6. The molecule has 0 spiro atoms. The fraction of sp³-hybridized carbons (Fsp3) is 0.318. The number of benzene rings is 2. The molecule has 31 heavy (non-hydrogen) atoms.